The van der Waals surface area contributed by atoms with Crippen molar-refractivity contribution in [3.05, 3.63) is 11.6 Å². The molecule has 3 fully saturated rings. The summed E-state index contributed by atoms with van der Waals surface area (Å²) in [7, 11) is -4.59. The van der Waals surface area contributed by atoms with Gasteiger partial charge in [0.1, 0.15) is 6.61 Å². The number of allylic oxidation sites excluding steroid dienone is 1. The van der Waals surface area contributed by atoms with Crippen LogP contribution in [0.5, 0.6) is 0 Å². The summed E-state index contributed by atoms with van der Waals surface area (Å²) in [4.78, 5) is 12.7. The molecule has 0 unspecified atom stereocenters. The van der Waals surface area contributed by atoms with Gasteiger partial charge in [-0.25, -0.2) is 4.18 Å². The first-order valence-corrected chi connectivity index (χ1v) is 11.9. The molecule has 4 aliphatic carbocycles. The van der Waals surface area contributed by atoms with Gasteiger partial charge in [-0.3, -0.25) is 9.35 Å². The van der Waals surface area contributed by atoms with Gasteiger partial charge in [-0.05, 0) is 80.0 Å². The molecule has 0 aromatic carbocycles. The molecule has 28 heavy (non-hydrogen) atoms. The summed E-state index contributed by atoms with van der Waals surface area (Å²) in [5.41, 5.74) is 1.47. The van der Waals surface area contributed by atoms with E-state index in [1.807, 2.05) is 0 Å². The predicted molar refractivity (Wildman–Crippen MR) is 104 cm³/mol. The molecule has 4 rings (SSSR count). The molecule has 0 aliphatic heterocycles. The van der Waals surface area contributed by atoms with Crippen LogP contribution in [0.4, 0.5) is 0 Å². The van der Waals surface area contributed by atoms with Crippen molar-refractivity contribution < 1.29 is 27.1 Å². The monoisotopic (exact) mass is 412 g/mol. The first kappa shape index (κ1) is 20.5. The van der Waals surface area contributed by atoms with E-state index in [0.29, 0.717) is 17.8 Å². The molecule has 3 saturated carbocycles. The van der Waals surface area contributed by atoms with Crippen LogP contribution >= 0.6 is 0 Å². The molecule has 0 spiro atoms. The minimum atomic E-state index is -4.59. The molecule has 0 aromatic heterocycles. The number of aliphatic hydroxyl groups is 1. The maximum atomic E-state index is 12.7. The second-order valence-corrected chi connectivity index (χ2v) is 11.1. The molecular formula is C21H32O6S. The lowest BCUT2D eigenvalue weighted by molar-refractivity contribution is -0.131. The maximum Gasteiger partial charge on any atom is 0.397 e. The average Bonchev–Trinajstić information content (AvgIpc) is 2.97. The number of carbonyl (C=O) groups is 1. The highest BCUT2D eigenvalue weighted by atomic mass is 32.3. The lowest BCUT2D eigenvalue weighted by Gasteiger charge is -2.57. The molecular weight excluding hydrogens is 380 g/mol. The third-order valence-corrected chi connectivity index (χ3v) is 9.23. The highest BCUT2D eigenvalue weighted by molar-refractivity contribution is 7.80. The minimum Gasteiger partial charge on any atom is -0.393 e. The number of Topliss-reactive ketones (excluding diaryl/α,β-unsaturated/α-hetero) is 1. The minimum absolute atomic E-state index is 0.128. The first-order valence-electron chi connectivity index (χ1n) is 10.6. The lowest BCUT2D eigenvalue weighted by Crippen LogP contribution is -2.51. The fourth-order valence-corrected chi connectivity index (χ4v) is 7.67. The molecule has 4 aliphatic rings. The van der Waals surface area contributed by atoms with E-state index >= 15 is 0 Å². The van der Waals surface area contributed by atoms with Crippen LogP contribution in [0.3, 0.4) is 0 Å². The zero-order valence-electron chi connectivity index (χ0n) is 16.8. The van der Waals surface area contributed by atoms with Crippen LogP contribution in [0.25, 0.3) is 0 Å². The van der Waals surface area contributed by atoms with Crippen LogP contribution in [-0.4, -0.2) is 36.6 Å². The van der Waals surface area contributed by atoms with Crippen LogP contribution in [0, 0.1) is 34.5 Å². The van der Waals surface area contributed by atoms with Crippen molar-refractivity contribution >= 4 is 16.2 Å². The van der Waals surface area contributed by atoms with Crippen molar-refractivity contribution in [1.29, 1.82) is 0 Å². The van der Waals surface area contributed by atoms with Crippen LogP contribution in [0.2, 0.25) is 0 Å². The third-order valence-electron chi connectivity index (χ3n) is 8.82. The fraction of sp³-hybridized carbons (Fsp3) is 0.857. The van der Waals surface area contributed by atoms with Crippen molar-refractivity contribution in [2.75, 3.05) is 6.61 Å². The Labute approximate surface area is 167 Å². The highest BCUT2D eigenvalue weighted by Crippen LogP contribution is 2.66. The molecule has 0 bridgehead atoms. The number of hydrogen-bond donors (Lipinski definition) is 2. The smallest absolute Gasteiger partial charge is 0.393 e. The summed E-state index contributed by atoms with van der Waals surface area (Å²) in [6.45, 7) is 4.00. The Morgan fingerprint density at radius 1 is 1.18 bits per heavy atom. The molecule has 0 aromatic rings. The summed E-state index contributed by atoms with van der Waals surface area (Å²) in [5.74, 6) is 1.18. The van der Waals surface area contributed by atoms with E-state index in [-0.39, 0.29) is 28.6 Å². The summed E-state index contributed by atoms with van der Waals surface area (Å²) in [6, 6.07) is 0. The molecule has 158 valence electrons. The quantitative estimate of drug-likeness (QED) is 0.543. The van der Waals surface area contributed by atoms with E-state index in [9.17, 15) is 18.3 Å². The van der Waals surface area contributed by atoms with Gasteiger partial charge in [-0.15, -0.1) is 0 Å². The number of hydrogen-bond acceptors (Lipinski definition) is 5. The maximum absolute atomic E-state index is 12.7. The van der Waals surface area contributed by atoms with Gasteiger partial charge in [0.25, 0.3) is 0 Å². The highest BCUT2D eigenvalue weighted by Gasteiger charge is 2.59. The normalized spacial score (nSPS) is 45.6. The zero-order chi connectivity index (χ0) is 20.3. The van der Waals surface area contributed by atoms with Crippen molar-refractivity contribution in [1.82, 2.24) is 0 Å². The average molecular weight is 413 g/mol. The van der Waals surface area contributed by atoms with Gasteiger partial charge < -0.3 is 5.11 Å². The Bertz CT molecular complexity index is 789. The molecule has 6 nitrogen and oxygen atoms in total. The summed E-state index contributed by atoms with van der Waals surface area (Å²) in [5, 5.41) is 10.1. The molecule has 0 heterocycles. The van der Waals surface area contributed by atoms with Crippen molar-refractivity contribution in [2.45, 2.75) is 71.3 Å². The van der Waals surface area contributed by atoms with Crippen LogP contribution in [0.15, 0.2) is 11.6 Å². The van der Waals surface area contributed by atoms with E-state index in [1.54, 1.807) is 0 Å². The number of aliphatic hydroxyl groups excluding tert-OH is 1. The molecule has 7 heteroatoms. The second kappa shape index (κ2) is 6.89. The van der Waals surface area contributed by atoms with Crippen molar-refractivity contribution in [3.63, 3.8) is 0 Å². The van der Waals surface area contributed by atoms with Crippen LogP contribution in [-0.2, 0) is 19.4 Å². The zero-order valence-corrected chi connectivity index (χ0v) is 17.6. The van der Waals surface area contributed by atoms with Gasteiger partial charge >= 0.3 is 10.4 Å². The molecule has 2 N–H and O–H groups in total. The van der Waals surface area contributed by atoms with Gasteiger partial charge in [0.15, 0.2) is 5.78 Å². The Balaban J connectivity index is 1.54. The second-order valence-electron chi connectivity index (χ2n) is 9.99. The summed E-state index contributed by atoms with van der Waals surface area (Å²) in [6.07, 6.45) is 9.68. The molecule has 0 radical (unpaired) electrons. The van der Waals surface area contributed by atoms with E-state index in [0.717, 1.165) is 51.4 Å². The van der Waals surface area contributed by atoms with Gasteiger partial charge in [-0.2, -0.15) is 8.42 Å². The van der Waals surface area contributed by atoms with Gasteiger partial charge in [0.2, 0.25) is 0 Å². The Morgan fingerprint density at radius 3 is 2.64 bits per heavy atom. The van der Waals surface area contributed by atoms with Gasteiger partial charge in [0.05, 0.1) is 6.10 Å². The lowest BCUT2D eigenvalue weighted by atomic mass is 9.47. The Hall–Kier alpha value is -0.760. The largest absolute Gasteiger partial charge is 0.397 e. The van der Waals surface area contributed by atoms with E-state index in [2.05, 4.69) is 24.1 Å². The van der Waals surface area contributed by atoms with Crippen LogP contribution in [0.1, 0.15) is 65.2 Å². The predicted octanol–water partition coefficient (Wildman–Crippen LogP) is 3.31. The number of ketones is 1. The SMILES string of the molecule is C[C@]12CC[C@H]3[C@@H](CC=C4C[C@@H](O)CC[C@@]43C)[C@@H]1CC[C@@H]2C(=O)COS(=O)(=O)O. The fourth-order valence-electron chi connectivity index (χ4n) is 7.40. The molecule has 0 amide bonds. The topological polar surface area (TPSA) is 101 Å². The summed E-state index contributed by atoms with van der Waals surface area (Å²) >= 11 is 0. The van der Waals surface area contributed by atoms with E-state index in [4.69, 9.17) is 4.55 Å². The standard InChI is InChI=1S/C21H32O6S/c1-20-9-7-14(22)11-13(20)3-4-15-16-5-6-18(19(23)12-27-28(24,25)26)21(16,2)10-8-17(15)20/h3,14-18,22H,4-12H2,1-2H3,(H,24,25,26)/t14-,15-,16-,17-,18+,20-,21-/m0/s1. The number of carbonyl (C=O) groups excluding carboxylic acids is 1. The van der Waals surface area contributed by atoms with Gasteiger partial charge in [-0.1, -0.05) is 25.5 Å². The summed E-state index contributed by atoms with van der Waals surface area (Å²) < 4.78 is 34.9. The van der Waals surface area contributed by atoms with Crippen molar-refractivity contribution in [3.8, 4) is 0 Å². The third kappa shape index (κ3) is 3.28. The van der Waals surface area contributed by atoms with Gasteiger partial charge in [0, 0.05) is 5.92 Å². The Kier molecular flexibility index (Phi) is 5.05. The Morgan fingerprint density at radius 2 is 1.93 bits per heavy atom. The van der Waals surface area contributed by atoms with Crippen molar-refractivity contribution in [2.24, 2.45) is 34.5 Å². The number of rotatable bonds is 4. The first-order chi connectivity index (χ1) is 13.0. The van der Waals surface area contributed by atoms with Crippen LogP contribution < -0.4 is 0 Å². The number of fused-ring (bicyclic) bond motifs is 5. The molecule has 0 saturated heterocycles. The van der Waals surface area contributed by atoms with E-state index < -0.39 is 17.0 Å². The van der Waals surface area contributed by atoms with E-state index in [1.165, 1.54) is 5.57 Å². The molecule has 7 atom stereocenters.